The molecule has 0 unspecified atom stereocenters. The van der Waals surface area contributed by atoms with Crippen LogP contribution in [0.25, 0.3) is 0 Å². The highest BCUT2D eigenvalue weighted by Crippen LogP contribution is 2.38. The largest absolute Gasteiger partial charge is 0.486 e. The van der Waals surface area contributed by atoms with Crippen molar-refractivity contribution in [1.82, 2.24) is 0 Å². The highest BCUT2D eigenvalue weighted by molar-refractivity contribution is 6.01. The van der Waals surface area contributed by atoms with Crippen molar-refractivity contribution in [2.75, 3.05) is 18.5 Å². The number of nitriles is 1. The Balaban J connectivity index is 1.91. The third-order valence-corrected chi connectivity index (χ3v) is 3.82. The van der Waals surface area contributed by atoms with Crippen molar-refractivity contribution in [3.63, 3.8) is 0 Å². The number of benzene rings is 1. The van der Waals surface area contributed by atoms with Crippen molar-refractivity contribution in [2.24, 2.45) is 5.41 Å². The molecule has 0 bridgehead atoms. The monoisotopic (exact) mass is 298 g/mol. The maximum absolute atomic E-state index is 12.1. The van der Waals surface area contributed by atoms with Gasteiger partial charge in [-0.1, -0.05) is 13.8 Å². The van der Waals surface area contributed by atoms with Gasteiger partial charge in [-0.05, 0) is 24.0 Å². The Morgan fingerprint density at radius 3 is 2.64 bits per heavy atom. The number of allylic oxidation sites excluding steroid dienone is 2. The fraction of sp³-hybridized carbons (Fsp3) is 0.412. The normalized spacial score (nSPS) is 19.6. The molecular formula is C17H18N2O3. The Morgan fingerprint density at radius 1 is 1.18 bits per heavy atom. The molecule has 1 N–H and O–H groups in total. The number of carbonyl (C=O) groups is 1. The van der Waals surface area contributed by atoms with E-state index in [9.17, 15) is 10.1 Å². The predicted molar refractivity (Wildman–Crippen MR) is 81.7 cm³/mol. The fourth-order valence-electron chi connectivity index (χ4n) is 2.85. The van der Waals surface area contributed by atoms with Crippen molar-refractivity contribution in [2.45, 2.75) is 26.7 Å². The number of hydrogen-bond donors (Lipinski definition) is 1. The zero-order chi connectivity index (χ0) is 15.7. The van der Waals surface area contributed by atoms with Gasteiger partial charge < -0.3 is 14.8 Å². The summed E-state index contributed by atoms with van der Waals surface area (Å²) in [7, 11) is 0. The Labute approximate surface area is 129 Å². The van der Waals surface area contributed by atoms with E-state index in [1.54, 1.807) is 0 Å². The zero-order valence-electron chi connectivity index (χ0n) is 12.7. The molecule has 2 aliphatic rings. The van der Waals surface area contributed by atoms with Crippen LogP contribution in [0.1, 0.15) is 26.7 Å². The van der Waals surface area contributed by atoms with Gasteiger partial charge in [-0.2, -0.15) is 5.26 Å². The molecule has 5 nitrogen and oxygen atoms in total. The Kier molecular flexibility index (Phi) is 3.53. The molecule has 0 spiro atoms. The van der Waals surface area contributed by atoms with E-state index in [0.717, 1.165) is 5.69 Å². The molecule has 0 radical (unpaired) electrons. The summed E-state index contributed by atoms with van der Waals surface area (Å²) in [5.74, 6) is 1.29. The van der Waals surface area contributed by atoms with Crippen LogP contribution in [0.2, 0.25) is 0 Å². The highest BCUT2D eigenvalue weighted by Gasteiger charge is 2.33. The van der Waals surface area contributed by atoms with Crippen LogP contribution < -0.4 is 14.8 Å². The minimum absolute atomic E-state index is 0.0983. The van der Waals surface area contributed by atoms with E-state index in [4.69, 9.17) is 9.47 Å². The van der Waals surface area contributed by atoms with Gasteiger partial charge in [0.25, 0.3) is 0 Å². The van der Waals surface area contributed by atoms with E-state index in [1.807, 2.05) is 38.1 Å². The van der Waals surface area contributed by atoms with Gasteiger partial charge in [-0.3, -0.25) is 4.79 Å². The number of fused-ring (bicyclic) bond motifs is 1. The summed E-state index contributed by atoms with van der Waals surface area (Å²) in [5, 5.41) is 12.5. The average molecular weight is 298 g/mol. The fourth-order valence-corrected chi connectivity index (χ4v) is 2.85. The van der Waals surface area contributed by atoms with E-state index in [1.165, 1.54) is 0 Å². The number of anilines is 1. The molecule has 22 heavy (non-hydrogen) atoms. The van der Waals surface area contributed by atoms with Gasteiger partial charge in [-0.25, -0.2) is 0 Å². The molecule has 0 aromatic heterocycles. The topological polar surface area (TPSA) is 71.4 Å². The lowest BCUT2D eigenvalue weighted by Crippen LogP contribution is -2.28. The molecule has 1 heterocycles. The van der Waals surface area contributed by atoms with Crippen molar-refractivity contribution in [3.05, 3.63) is 29.5 Å². The quantitative estimate of drug-likeness (QED) is 0.908. The van der Waals surface area contributed by atoms with Gasteiger partial charge >= 0.3 is 0 Å². The van der Waals surface area contributed by atoms with Crippen LogP contribution in [0.3, 0.4) is 0 Å². The minimum Gasteiger partial charge on any atom is -0.486 e. The van der Waals surface area contributed by atoms with Crippen LogP contribution in [-0.4, -0.2) is 19.0 Å². The Bertz CT molecular complexity index is 698. The zero-order valence-corrected chi connectivity index (χ0v) is 12.7. The molecule has 0 saturated heterocycles. The molecule has 0 fully saturated rings. The van der Waals surface area contributed by atoms with Crippen molar-refractivity contribution < 1.29 is 14.3 Å². The van der Waals surface area contributed by atoms with E-state index < -0.39 is 0 Å². The molecule has 0 amide bonds. The van der Waals surface area contributed by atoms with Gasteiger partial charge in [0, 0.05) is 23.9 Å². The summed E-state index contributed by atoms with van der Waals surface area (Å²) < 4.78 is 11.0. The smallest absolute Gasteiger partial charge is 0.175 e. The number of Topliss-reactive ketones (excluding diaryl/α,β-unsaturated/α-hetero) is 1. The minimum atomic E-state index is -0.145. The number of carbonyl (C=O) groups excluding carboxylic acids is 1. The van der Waals surface area contributed by atoms with Crippen molar-refractivity contribution >= 4 is 11.5 Å². The van der Waals surface area contributed by atoms with Crippen LogP contribution in [0.5, 0.6) is 11.5 Å². The maximum Gasteiger partial charge on any atom is 0.175 e. The first-order chi connectivity index (χ1) is 10.5. The molecule has 1 aliphatic carbocycles. The first-order valence-corrected chi connectivity index (χ1v) is 7.32. The summed E-state index contributed by atoms with van der Waals surface area (Å²) in [5.41, 5.74) is 1.56. The first-order valence-electron chi connectivity index (χ1n) is 7.32. The summed E-state index contributed by atoms with van der Waals surface area (Å²) in [6.45, 7) is 5.13. The van der Waals surface area contributed by atoms with Crippen LogP contribution in [0.4, 0.5) is 5.69 Å². The van der Waals surface area contributed by atoms with Crippen molar-refractivity contribution in [1.29, 1.82) is 5.26 Å². The molecular weight excluding hydrogens is 280 g/mol. The summed E-state index contributed by atoms with van der Waals surface area (Å²) in [6, 6.07) is 7.57. The van der Waals surface area contributed by atoms with E-state index in [-0.39, 0.29) is 16.8 Å². The van der Waals surface area contributed by atoms with E-state index in [0.29, 0.717) is 43.3 Å². The predicted octanol–water partition coefficient (Wildman–Crippen LogP) is 3.04. The number of ether oxygens (including phenoxy) is 2. The molecule has 0 atom stereocenters. The molecule has 1 aromatic rings. The molecule has 3 rings (SSSR count). The van der Waals surface area contributed by atoms with Crippen LogP contribution >= 0.6 is 0 Å². The van der Waals surface area contributed by atoms with Gasteiger partial charge in [0.05, 0.1) is 0 Å². The lowest BCUT2D eigenvalue weighted by Gasteiger charge is -2.31. The number of rotatable bonds is 2. The number of nitrogens with zero attached hydrogens (tertiary/aromatic N) is 1. The van der Waals surface area contributed by atoms with E-state index in [2.05, 4.69) is 5.32 Å². The van der Waals surface area contributed by atoms with Crippen molar-refractivity contribution in [3.8, 4) is 17.6 Å². The number of hydrogen-bond acceptors (Lipinski definition) is 5. The maximum atomic E-state index is 12.1. The van der Waals surface area contributed by atoms with Crippen LogP contribution in [0, 0.1) is 16.7 Å². The summed E-state index contributed by atoms with van der Waals surface area (Å²) in [6.07, 6.45) is 1.07. The third-order valence-electron chi connectivity index (χ3n) is 3.82. The number of nitrogens with one attached hydrogen (secondary N) is 1. The van der Waals surface area contributed by atoms with Crippen LogP contribution in [0.15, 0.2) is 29.5 Å². The Hall–Kier alpha value is -2.48. The standard InChI is InChI=1S/C17H18N2O3/c1-17(2)8-13(12(10-18)14(20)9-17)19-11-3-4-15-16(7-11)22-6-5-21-15/h3-4,7,19H,5-6,8-9H2,1-2H3. The second-order valence-electron chi connectivity index (χ2n) is 6.39. The van der Waals surface area contributed by atoms with Crippen LogP contribution in [-0.2, 0) is 4.79 Å². The molecule has 1 aromatic carbocycles. The van der Waals surface area contributed by atoms with Gasteiger partial charge in [0.15, 0.2) is 17.3 Å². The summed E-state index contributed by atoms with van der Waals surface area (Å²) in [4.78, 5) is 12.1. The van der Waals surface area contributed by atoms with E-state index >= 15 is 0 Å². The van der Waals surface area contributed by atoms with Gasteiger partial charge in [0.2, 0.25) is 0 Å². The molecule has 114 valence electrons. The summed E-state index contributed by atoms with van der Waals surface area (Å²) >= 11 is 0. The molecule has 0 saturated carbocycles. The van der Waals surface area contributed by atoms with Gasteiger partial charge in [0.1, 0.15) is 24.9 Å². The third kappa shape index (κ3) is 2.77. The number of ketones is 1. The second-order valence-corrected chi connectivity index (χ2v) is 6.39. The molecule has 1 aliphatic heterocycles. The lowest BCUT2D eigenvalue weighted by atomic mass is 9.76. The highest BCUT2D eigenvalue weighted by atomic mass is 16.6. The van der Waals surface area contributed by atoms with Gasteiger partial charge in [-0.15, -0.1) is 0 Å². The molecule has 5 heteroatoms. The average Bonchev–Trinajstić information content (AvgIpc) is 2.46. The SMILES string of the molecule is CC1(C)CC(=O)C(C#N)=C(Nc2ccc3c(c2)OCCO3)C1. The lowest BCUT2D eigenvalue weighted by molar-refractivity contribution is -0.117. The second kappa shape index (κ2) is 5.38. The Morgan fingerprint density at radius 2 is 1.91 bits per heavy atom. The first kappa shape index (κ1) is 14.5.